The predicted octanol–water partition coefficient (Wildman–Crippen LogP) is 4.56. The van der Waals surface area contributed by atoms with Crippen molar-refractivity contribution in [1.82, 2.24) is 9.78 Å². The summed E-state index contributed by atoms with van der Waals surface area (Å²) in [5.41, 5.74) is 0.166. The summed E-state index contributed by atoms with van der Waals surface area (Å²) >= 11 is 1.37. The fraction of sp³-hybridized carbons (Fsp3) is 0.222. The number of halogens is 3. The van der Waals surface area contributed by atoms with Gasteiger partial charge in [-0.1, -0.05) is 12.1 Å². The molecule has 0 aliphatic carbocycles. The second kappa shape index (κ2) is 6.86. The number of amides is 1. The summed E-state index contributed by atoms with van der Waals surface area (Å²) in [6.45, 7) is 0. The fourth-order valence-electron chi connectivity index (χ4n) is 3.14. The van der Waals surface area contributed by atoms with E-state index in [9.17, 15) is 23.1 Å². The quantitative estimate of drug-likeness (QED) is 0.594. The zero-order valence-corrected chi connectivity index (χ0v) is 15.1. The van der Waals surface area contributed by atoms with E-state index in [4.69, 9.17) is 0 Å². The van der Waals surface area contributed by atoms with Crippen molar-refractivity contribution in [1.29, 1.82) is 0 Å². The Morgan fingerprint density at radius 1 is 1.29 bits per heavy atom. The number of anilines is 2. The van der Waals surface area contributed by atoms with Gasteiger partial charge in [0.2, 0.25) is 0 Å². The number of rotatable bonds is 3. The molecule has 0 fully saturated rings. The Balaban J connectivity index is 1.64. The van der Waals surface area contributed by atoms with Crippen molar-refractivity contribution in [3.8, 4) is 5.75 Å². The largest absolute Gasteiger partial charge is 0.508 e. The summed E-state index contributed by atoms with van der Waals surface area (Å²) in [6.07, 6.45) is -4.72. The summed E-state index contributed by atoms with van der Waals surface area (Å²) in [5, 5.41) is 20.7. The van der Waals surface area contributed by atoms with Gasteiger partial charge in [0.1, 0.15) is 11.6 Å². The van der Waals surface area contributed by atoms with Crippen LogP contribution in [0.3, 0.4) is 0 Å². The van der Waals surface area contributed by atoms with Crippen molar-refractivity contribution in [3.05, 3.63) is 58.4 Å². The molecular weight excluding hydrogens is 393 g/mol. The molecule has 4 rings (SSSR count). The number of thiophene rings is 1. The number of aromatic hydroxyl groups is 1. The van der Waals surface area contributed by atoms with Gasteiger partial charge in [0, 0.05) is 29.1 Å². The average Bonchev–Trinajstić information content (AvgIpc) is 3.29. The lowest BCUT2D eigenvalue weighted by atomic mass is 10.0. The van der Waals surface area contributed by atoms with Crippen molar-refractivity contribution in [2.75, 3.05) is 10.6 Å². The van der Waals surface area contributed by atoms with E-state index in [1.807, 2.05) is 0 Å². The molecule has 146 valence electrons. The first-order chi connectivity index (χ1) is 13.3. The summed E-state index contributed by atoms with van der Waals surface area (Å²) < 4.78 is 41.7. The maximum Gasteiger partial charge on any atom is 0.410 e. The second-order valence-electron chi connectivity index (χ2n) is 6.37. The van der Waals surface area contributed by atoms with Crippen LogP contribution < -0.4 is 10.6 Å². The monoisotopic (exact) mass is 408 g/mol. The van der Waals surface area contributed by atoms with Gasteiger partial charge in [-0.2, -0.15) is 18.3 Å². The highest BCUT2D eigenvalue weighted by Gasteiger charge is 2.47. The van der Waals surface area contributed by atoms with Crippen LogP contribution in [0.15, 0.2) is 47.8 Å². The highest BCUT2D eigenvalue weighted by molar-refractivity contribution is 7.10. The number of carbonyl (C=O) groups is 1. The number of benzene rings is 1. The van der Waals surface area contributed by atoms with Crippen LogP contribution in [0.5, 0.6) is 5.75 Å². The van der Waals surface area contributed by atoms with Crippen molar-refractivity contribution >= 4 is 28.7 Å². The van der Waals surface area contributed by atoms with Crippen molar-refractivity contribution in [3.63, 3.8) is 0 Å². The van der Waals surface area contributed by atoms with E-state index in [0.717, 1.165) is 9.56 Å². The Labute approximate surface area is 161 Å². The molecule has 3 N–H and O–H groups in total. The van der Waals surface area contributed by atoms with Crippen LogP contribution in [-0.2, 0) is 0 Å². The minimum absolute atomic E-state index is 0.0421. The normalized spacial score (nSPS) is 19.0. The van der Waals surface area contributed by atoms with Crippen molar-refractivity contribution in [2.24, 2.45) is 0 Å². The van der Waals surface area contributed by atoms with Crippen LogP contribution in [0.4, 0.5) is 24.7 Å². The van der Waals surface area contributed by atoms with Crippen molar-refractivity contribution in [2.45, 2.75) is 24.7 Å². The molecule has 0 bridgehead atoms. The highest BCUT2D eigenvalue weighted by Crippen LogP contribution is 2.44. The van der Waals surface area contributed by atoms with E-state index < -0.39 is 24.2 Å². The molecule has 28 heavy (non-hydrogen) atoms. The topological polar surface area (TPSA) is 79.2 Å². The Bertz CT molecular complexity index is 1000. The van der Waals surface area contributed by atoms with Gasteiger partial charge in [-0.05, 0) is 23.6 Å². The molecule has 0 saturated carbocycles. The molecule has 0 radical (unpaired) electrons. The Morgan fingerprint density at radius 3 is 2.79 bits per heavy atom. The SMILES string of the molecule is O=C(Nc1cccc(O)c1)c1cc2n(n1)[C@H](C(F)(F)F)C[C@@H](c1cccs1)N2. The third kappa shape index (κ3) is 3.55. The van der Waals surface area contributed by atoms with Crippen LogP contribution in [0, 0.1) is 0 Å². The Kier molecular flexibility index (Phi) is 4.50. The molecule has 1 amide bonds. The van der Waals surface area contributed by atoms with E-state index >= 15 is 0 Å². The molecule has 1 aliphatic rings. The molecule has 1 aromatic carbocycles. The molecule has 3 heterocycles. The lowest BCUT2D eigenvalue weighted by molar-refractivity contribution is -0.173. The molecule has 10 heteroatoms. The van der Waals surface area contributed by atoms with E-state index in [1.165, 1.54) is 35.6 Å². The number of hydrogen-bond donors (Lipinski definition) is 3. The first kappa shape index (κ1) is 18.4. The zero-order chi connectivity index (χ0) is 19.9. The highest BCUT2D eigenvalue weighted by atomic mass is 32.1. The number of carbonyl (C=O) groups excluding carboxylic acids is 1. The standard InChI is InChI=1S/C18H15F3N4O2S/c19-18(20,21)15-8-12(14-5-2-6-28-14)23-16-9-13(24-25(15)16)17(27)22-10-3-1-4-11(26)7-10/h1-7,9,12,15,23,26H,8H2,(H,22,27)/t12-,15-/m0/s1. The maximum atomic E-state index is 13.6. The van der Waals surface area contributed by atoms with Crippen LogP contribution >= 0.6 is 11.3 Å². The number of phenols is 1. The van der Waals surface area contributed by atoms with Crippen LogP contribution in [0.1, 0.15) is 33.9 Å². The van der Waals surface area contributed by atoms with Gasteiger partial charge in [-0.3, -0.25) is 4.79 Å². The minimum atomic E-state index is -4.50. The van der Waals surface area contributed by atoms with Gasteiger partial charge < -0.3 is 15.7 Å². The number of nitrogens with zero attached hydrogens (tertiary/aromatic N) is 2. The lowest BCUT2D eigenvalue weighted by Crippen LogP contribution is -2.35. The van der Waals surface area contributed by atoms with Crippen molar-refractivity contribution < 1.29 is 23.1 Å². The third-order valence-electron chi connectivity index (χ3n) is 4.41. The number of fused-ring (bicyclic) bond motifs is 1. The molecular formula is C18H15F3N4O2S. The van der Waals surface area contributed by atoms with E-state index in [-0.39, 0.29) is 23.7 Å². The molecule has 0 spiro atoms. The fourth-order valence-corrected chi connectivity index (χ4v) is 3.93. The van der Waals surface area contributed by atoms with Gasteiger partial charge in [0.05, 0.1) is 6.04 Å². The molecule has 0 saturated heterocycles. The second-order valence-corrected chi connectivity index (χ2v) is 7.35. The van der Waals surface area contributed by atoms with Crippen LogP contribution in [0.25, 0.3) is 0 Å². The molecule has 0 unspecified atom stereocenters. The lowest BCUT2D eigenvalue weighted by Gasteiger charge is -2.32. The van der Waals surface area contributed by atoms with E-state index in [1.54, 1.807) is 23.6 Å². The third-order valence-corrected chi connectivity index (χ3v) is 5.40. The summed E-state index contributed by atoms with van der Waals surface area (Å²) in [4.78, 5) is 13.2. The van der Waals surface area contributed by atoms with Gasteiger partial charge in [0.25, 0.3) is 5.91 Å². The van der Waals surface area contributed by atoms with Gasteiger partial charge in [-0.15, -0.1) is 11.3 Å². The Morgan fingerprint density at radius 2 is 2.11 bits per heavy atom. The number of phenolic OH excluding ortho intramolecular Hbond substituents is 1. The van der Waals surface area contributed by atoms with Crippen LogP contribution in [0.2, 0.25) is 0 Å². The number of alkyl halides is 3. The molecule has 6 nitrogen and oxygen atoms in total. The molecule has 1 aliphatic heterocycles. The van der Waals surface area contributed by atoms with Crippen LogP contribution in [-0.4, -0.2) is 27.0 Å². The van der Waals surface area contributed by atoms with E-state index in [0.29, 0.717) is 5.69 Å². The van der Waals surface area contributed by atoms with E-state index in [2.05, 4.69) is 15.7 Å². The Hall–Kier alpha value is -3.01. The van der Waals surface area contributed by atoms with Gasteiger partial charge in [-0.25, -0.2) is 4.68 Å². The number of aromatic nitrogens is 2. The smallest absolute Gasteiger partial charge is 0.410 e. The zero-order valence-electron chi connectivity index (χ0n) is 14.3. The first-order valence-electron chi connectivity index (χ1n) is 8.38. The minimum Gasteiger partial charge on any atom is -0.508 e. The summed E-state index contributed by atoms with van der Waals surface area (Å²) in [6, 6.07) is 8.37. The summed E-state index contributed by atoms with van der Waals surface area (Å²) in [7, 11) is 0. The predicted molar refractivity (Wildman–Crippen MR) is 98.7 cm³/mol. The average molecular weight is 408 g/mol. The summed E-state index contributed by atoms with van der Waals surface area (Å²) in [5.74, 6) is -0.574. The number of hydrogen-bond acceptors (Lipinski definition) is 5. The molecule has 2 aromatic heterocycles. The van der Waals surface area contributed by atoms with Gasteiger partial charge in [0.15, 0.2) is 11.7 Å². The number of nitrogens with one attached hydrogen (secondary N) is 2. The molecule has 3 aromatic rings. The van der Waals surface area contributed by atoms with Gasteiger partial charge >= 0.3 is 6.18 Å². The maximum absolute atomic E-state index is 13.6. The molecule has 2 atom stereocenters. The first-order valence-corrected chi connectivity index (χ1v) is 9.26.